The van der Waals surface area contributed by atoms with Crippen molar-refractivity contribution in [1.82, 2.24) is 5.32 Å². The molecule has 2 N–H and O–H groups in total. The third-order valence-electron chi connectivity index (χ3n) is 3.64. The fourth-order valence-electron chi connectivity index (χ4n) is 2.24. The Balaban J connectivity index is 1.79. The monoisotopic (exact) mass is 344 g/mol. The Kier molecular flexibility index (Phi) is 7.43. The smallest absolute Gasteiger partial charge is 0.171 e. The summed E-state index contributed by atoms with van der Waals surface area (Å²) in [7, 11) is 0. The number of thiocarbonyl (C=S) groups is 1. The van der Waals surface area contributed by atoms with Crippen molar-refractivity contribution in [1.29, 1.82) is 0 Å². The molecule has 0 aliphatic heterocycles. The van der Waals surface area contributed by atoms with E-state index in [0.29, 0.717) is 5.11 Å². The van der Waals surface area contributed by atoms with Crippen LogP contribution in [0.25, 0.3) is 0 Å². The van der Waals surface area contributed by atoms with E-state index in [2.05, 4.69) is 72.3 Å². The van der Waals surface area contributed by atoms with Gasteiger partial charge in [0.05, 0.1) is 0 Å². The molecule has 0 atom stereocenters. The van der Waals surface area contributed by atoms with Crippen LogP contribution in [-0.2, 0) is 13.0 Å². The number of unbranched alkanes of at least 4 members (excludes halogenated alkanes) is 1. The molecule has 0 amide bonds. The summed E-state index contributed by atoms with van der Waals surface area (Å²) in [5.41, 5.74) is 3.63. The van der Waals surface area contributed by atoms with Crippen molar-refractivity contribution >= 4 is 34.8 Å². The van der Waals surface area contributed by atoms with Crippen molar-refractivity contribution in [2.24, 2.45) is 0 Å². The maximum Gasteiger partial charge on any atom is 0.171 e. The van der Waals surface area contributed by atoms with E-state index in [1.165, 1.54) is 28.9 Å². The molecule has 0 saturated heterocycles. The fraction of sp³-hybridized carbons (Fsp3) is 0.316. The quantitative estimate of drug-likeness (QED) is 0.530. The third-order valence-corrected chi connectivity index (χ3v) is 4.63. The normalized spacial score (nSPS) is 10.3. The van der Waals surface area contributed by atoms with Gasteiger partial charge in [0.15, 0.2) is 5.11 Å². The van der Waals surface area contributed by atoms with Gasteiger partial charge in [-0.15, -0.1) is 11.8 Å². The number of hydrogen-bond acceptors (Lipinski definition) is 2. The van der Waals surface area contributed by atoms with Gasteiger partial charge >= 0.3 is 0 Å². The van der Waals surface area contributed by atoms with Gasteiger partial charge in [-0.2, -0.15) is 0 Å². The van der Waals surface area contributed by atoms with Gasteiger partial charge in [0, 0.05) is 17.1 Å². The topological polar surface area (TPSA) is 24.1 Å². The van der Waals surface area contributed by atoms with Crippen LogP contribution in [-0.4, -0.2) is 11.4 Å². The molecule has 4 heteroatoms. The predicted octanol–water partition coefficient (Wildman–Crippen LogP) is 5.24. The van der Waals surface area contributed by atoms with Crippen molar-refractivity contribution in [3.05, 3.63) is 59.7 Å². The number of hydrogen-bond donors (Lipinski definition) is 2. The Hall–Kier alpha value is -1.52. The van der Waals surface area contributed by atoms with Gasteiger partial charge in [0.25, 0.3) is 0 Å². The van der Waals surface area contributed by atoms with Crippen LogP contribution in [0.15, 0.2) is 53.4 Å². The Morgan fingerprint density at radius 2 is 1.65 bits per heavy atom. The summed E-state index contributed by atoms with van der Waals surface area (Å²) in [6, 6.07) is 17.0. The van der Waals surface area contributed by atoms with Crippen LogP contribution < -0.4 is 10.6 Å². The molecule has 0 aromatic heterocycles. The van der Waals surface area contributed by atoms with Gasteiger partial charge in [0.2, 0.25) is 0 Å². The number of aryl methyl sites for hydroxylation is 1. The molecule has 122 valence electrons. The Morgan fingerprint density at radius 3 is 2.26 bits per heavy atom. The van der Waals surface area contributed by atoms with Crippen LogP contribution in [0.5, 0.6) is 0 Å². The lowest BCUT2D eigenvalue weighted by atomic mass is 10.1. The molecule has 0 aliphatic rings. The van der Waals surface area contributed by atoms with E-state index >= 15 is 0 Å². The molecule has 0 radical (unpaired) electrons. The molecular formula is C19H24N2S2. The molecule has 0 heterocycles. The molecule has 0 unspecified atom stereocenters. The molecule has 0 bridgehead atoms. The maximum absolute atomic E-state index is 5.36. The highest BCUT2D eigenvalue weighted by Crippen LogP contribution is 2.15. The van der Waals surface area contributed by atoms with Crippen molar-refractivity contribution in [2.75, 3.05) is 11.6 Å². The standard InChI is InChI=1S/C19H24N2S2/c1-3-4-5-15-6-10-17(11-7-15)21-19(22)20-14-16-8-12-18(23-2)13-9-16/h6-13H,3-5,14H2,1-2H3,(H2,20,21,22). The second-order valence-corrected chi connectivity index (χ2v) is 6.74. The molecule has 0 saturated carbocycles. The van der Waals surface area contributed by atoms with Gasteiger partial charge in [-0.3, -0.25) is 0 Å². The predicted molar refractivity (Wildman–Crippen MR) is 106 cm³/mol. The minimum atomic E-state index is 0.653. The van der Waals surface area contributed by atoms with Crippen LogP contribution in [0, 0.1) is 0 Å². The molecule has 2 aromatic rings. The van der Waals surface area contributed by atoms with Gasteiger partial charge in [-0.25, -0.2) is 0 Å². The highest BCUT2D eigenvalue weighted by atomic mass is 32.2. The third kappa shape index (κ3) is 6.24. The summed E-state index contributed by atoms with van der Waals surface area (Å²) in [5, 5.41) is 7.13. The molecule has 0 aliphatic carbocycles. The first-order valence-corrected chi connectivity index (χ1v) is 9.61. The lowest BCUT2D eigenvalue weighted by Crippen LogP contribution is -2.27. The highest BCUT2D eigenvalue weighted by molar-refractivity contribution is 7.98. The number of benzene rings is 2. The number of nitrogens with one attached hydrogen (secondary N) is 2. The Labute approximate surface area is 149 Å². The van der Waals surface area contributed by atoms with Crippen molar-refractivity contribution in [2.45, 2.75) is 37.6 Å². The van der Waals surface area contributed by atoms with Gasteiger partial charge in [0.1, 0.15) is 0 Å². The fourth-order valence-corrected chi connectivity index (χ4v) is 2.83. The van der Waals surface area contributed by atoms with E-state index in [4.69, 9.17) is 12.2 Å². The second kappa shape index (κ2) is 9.58. The summed E-state index contributed by atoms with van der Waals surface area (Å²) < 4.78 is 0. The van der Waals surface area contributed by atoms with Crippen molar-refractivity contribution in [3.63, 3.8) is 0 Å². The van der Waals surface area contributed by atoms with Crippen LogP contribution in [0.1, 0.15) is 30.9 Å². The second-order valence-electron chi connectivity index (χ2n) is 5.46. The molecule has 0 fully saturated rings. The average Bonchev–Trinajstić information content (AvgIpc) is 2.60. The van der Waals surface area contributed by atoms with E-state index in [1.807, 2.05) is 0 Å². The highest BCUT2D eigenvalue weighted by Gasteiger charge is 1.99. The van der Waals surface area contributed by atoms with Crippen molar-refractivity contribution < 1.29 is 0 Å². The number of thioether (sulfide) groups is 1. The molecule has 0 spiro atoms. The summed E-state index contributed by atoms with van der Waals surface area (Å²) in [4.78, 5) is 1.28. The van der Waals surface area contributed by atoms with Gasteiger partial charge in [-0.1, -0.05) is 37.6 Å². The van der Waals surface area contributed by atoms with Crippen LogP contribution in [0.2, 0.25) is 0 Å². The lowest BCUT2D eigenvalue weighted by Gasteiger charge is -2.11. The molecule has 23 heavy (non-hydrogen) atoms. The van der Waals surface area contributed by atoms with Crippen LogP contribution >= 0.6 is 24.0 Å². The zero-order valence-corrected chi connectivity index (χ0v) is 15.4. The van der Waals surface area contributed by atoms with E-state index in [1.54, 1.807) is 11.8 Å². The summed E-state index contributed by atoms with van der Waals surface area (Å²) in [5.74, 6) is 0. The van der Waals surface area contributed by atoms with E-state index in [0.717, 1.165) is 18.7 Å². The van der Waals surface area contributed by atoms with Crippen molar-refractivity contribution in [3.8, 4) is 0 Å². The number of anilines is 1. The van der Waals surface area contributed by atoms with E-state index in [-0.39, 0.29) is 0 Å². The average molecular weight is 345 g/mol. The SMILES string of the molecule is CCCCc1ccc(NC(=S)NCc2ccc(SC)cc2)cc1. The molecule has 2 rings (SSSR count). The largest absolute Gasteiger partial charge is 0.358 e. The zero-order valence-electron chi connectivity index (χ0n) is 13.8. The lowest BCUT2D eigenvalue weighted by molar-refractivity contribution is 0.795. The minimum Gasteiger partial charge on any atom is -0.358 e. The van der Waals surface area contributed by atoms with Crippen LogP contribution in [0.3, 0.4) is 0 Å². The number of rotatable bonds is 7. The van der Waals surface area contributed by atoms with E-state index in [9.17, 15) is 0 Å². The van der Waals surface area contributed by atoms with E-state index < -0.39 is 0 Å². The summed E-state index contributed by atoms with van der Waals surface area (Å²) in [6.45, 7) is 2.95. The maximum atomic E-state index is 5.36. The Morgan fingerprint density at radius 1 is 1.00 bits per heavy atom. The Bertz CT molecular complexity index is 606. The first kappa shape index (κ1) is 17.8. The minimum absolute atomic E-state index is 0.653. The summed E-state index contributed by atoms with van der Waals surface area (Å²) in [6.07, 6.45) is 5.69. The van der Waals surface area contributed by atoms with Gasteiger partial charge in [-0.05, 0) is 66.7 Å². The first-order chi connectivity index (χ1) is 11.2. The van der Waals surface area contributed by atoms with Gasteiger partial charge < -0.3 is 10.6 Å². The molecule has 2 aromatic carbocycles. The zero-order chi connectivity index (χ0) is 16.5. The first-order valence-electron chi connectivity index (χ1n) is 7.98. The molecular weight excluding hydrogens is 320 g/mol. The van der Waals surface area contributed by atoms with Crippen LogP contribution in [0.4, 0.5) is 5.69 Å². The molecule has 2 nitrogen and oxygen atoms in total. The summed E-state index contributed by atoms with van der Waals surface area (Å²) >= 11 is 7.11.